The van der Waals surface area contributed by atoms with Gasteiger partial charge in [0.2, 0.25) is 0 Å². The maximum Gasteiger partial charge on any atom is 0.0510 e. The highest BCUT2D eigenvalue weighted by molar-refractivity contribution is 5.67. The van der Waals surface area contributed by atoms with Crippen LogP contribution in [0, 0.1) is 13.8 Å². The van der Waals surface area contributed by atoms with E-state index in [0.717, 1.165) is 0 Å². The van der Waals surface area contributed by atoms with E-state index in [2.05, 4.69) is 62.0 Å². The summed E-state index contributed by atoms with van der Waals surface area (Å²) in [4.78, 5) is 0. The van der Waals surface area contributed by atoms with Gasteiger partial charge < -0.3 is 4.57 Å². The summed E-state index contributed by atoms with van der Waals surface area (Å²) < 4.78 is 2.18. The number of hydrogen-bond donors (Lipinski definition) is 0. The van der Waals surface area contributed by atoms with Gasteiger partial charge in [-0.05, 0) is 31.0 Å². The molecule has 1 nitrogen and oxygen atoms in total. The Bertz CT molecular complexity index is 433. The Morgan fingerprint density at radius 3 is 2.21 bits per heavy atom. The highest BCUT2D eigenvalue weighted by atomic mass is 14.9. The summed E-state index contributed by atoms with van der Waals surface area (Å²) in [6.07, 6.45) is 2.11. The van der Waals surface area contributed by atoms with Gasteiger partial charge in [0.1, 0.15) is 0 Å². The number of aryl methyl sites for hydroxylation is 3. The minimum absolute atomic E-state index is 1.32. The maximum absolute atomic E-state index is 2.18. The van der Waals surface area contributed by atoms with Crippen molar-refractivity contribution in [3.8, 4) is 11.3 Å². The highest BCUT2D eigenvalue weighted by Crippen LogP contribution is 2.26. The van der Waals surface area contributed by atoms with Gasteiger partial charge in [0, 0.05) is 18.8 Å². The van der Waals surface area contributed by atoms with Crippen molar-refractivity contribution >= 4 is 0 Å². The molecule has 0 radical (unpaired) electrons. The molecular formula is C13H15N. The van der Waals surface area contributed by atoms with Crippen molar-refractivity contribution in [3.63, 3.8) is 0 Å². The number of nitrogens with zero attached hydrogens (tertiary/aromatic N) is 1. The van der Waals surface area contributed by atoms with E-state index >= 15 is 0 Å². The van der Waals surface area contributed by atoms with Crippen LogP contribution < -0.4 is 0 Å². The van der Waals surface area contributed by atoms with E-state index in [4.69, 9.17) is 0 Å². The minimum atomic E-state index is 1.32. The van der Waals surface area contributed by atoms with Crippen LogP contribution in [0.3, 0.4) is 0 Å². The fraction of sp³-hybridized carbons (Fsp3) is 0.231. The summed E-state index contributed by atoms with van der Waals surface area (Å²) in [5.41, 5.74) is 5.32. The third-order valence-electron chi connectivity index (χ3n) is 2.67. The van der Waals surface area contributed by atoms with Gasteiger partial charge in [-0.3, -0.25) is 0 Å². The third-order valence-corrected chi connectivity index (χ3v) is 2.67. The van der Waals surface area contributed by atoms with Crippen LogP contribution in [-0.2, 0) is 7.05 Å². The Balaban J connectivity index is 2.66. The second-order valence-corrected chi connectivity index (χ2v) is 3.77. The molecule has 0 saturated carbocycles. The molecule has 1 heterocycles. The zero-order chi connectivity index (χ0) is 10.1. The van der Waals surface area contributed by atoms with E-state index in [-0.39, 0.29) is 0 Å². The van der Waals surface area contributed by atoms with Crippen LogP contribution in [0.2, 0.25) is 0 Å². The fourth-order valence-corrected chi connectivity index (χ4v) is 1.90. The van der Waals surface area contributed by atoms with Crippen LogP contribution in [0.5, 0.6) is 0 Å². The first-order chi connectivity index (χ1) is 6.70. The summed E-state index contributed by atoms with van der Waals surface area (Å²) in [6, 6.07) is 10.7. The molecule has 0 atom stereocenters. The average molecular weight is 185 g/mol. The maximum atomic E-state index is 2.18. The van der Waals surface area contributed by atoms with Crippen LogP contribution in [0.4, 0.5) is 0 Å². The quantitative estimate of drug-likeness (QED) is 0.642. The van der Waals surface area contributed by atoms with E-state index in [0.29, 0.717) is 0 Å². The Labute approximate surface area is 85.0 Å². The molecule has 0 unspecified atom stereocenters. The summed E-state index contributed by atoms with van der Waals surface area (Å²) in [5, 5.41) is 0. The van der Waals surface area contributed by atoms with Gasteiger partial charge in [0.25, 0.3) is 0 Å². The van der Waals surface area contributed by atoms with Crippen molar-refractivity contribution in [2.45, 2.75) is 13.8 Å². The molecule has 0 aliphatic rings. The largest absolute Gasteiger partial charge is 0.350 e. The lowest BCUT2D eigenvalue weighted by Gasteiger charge is -2.08. The number of rotatable bonds is 1. The average Bonchev–Trinajstić information content (AvgIpc) is 2.48. The van der Waals surface area contributed by atoms with E-state index in [9.17, 15) is 0 Å². The van der Waals surface area contributed by atoms with Crippen LogP contribution in [0.25, 0.3) is 11.3 Å². The Kier molecular flexibility index (Phi) is 2.16. The van der Waals surface area contributed by atoms with Crippen molar-refractivity contribution < 1.29 is 0 Å². The van der Waals surface area contributed by atoms with Crippen LogP contribution in [0.15, 0.2) is 36.5 Å². The molecule has 0 bridgehead atoms. The molecule has 0 amide bonds. The molecule has 0 spiro atoms. The minimum Gasteiger partial charge on any atom is -0.350 e. The molecule has 2 aromatic rings. The van der Waals surface area contributed by atoms with E-state index in [1.807, 2.05) is 0 Å². The van der Waals surface area contributed by atoms with E-state index < -0.39 is 0 Å². The summed E-state index contributed by atoms with van der Waals surface area (Å²) in [6.45, 7) is 4.31. The van der Waals surface area contributed by atoms with Gasteiger partial charge in [0.05, 0.1) is 5.69 Å². The van der Waals surface area contributed by atoms with E-state index in [1.165, 1.54) is 22.4 Å². The van der Waals surface area contributed by atoms with Crippen molar-refractivity contribution in [3.05, 3.63) is 47.7 Å². The van der Waals surface area contributed by atoms with Crippen LogP contribution in [-0.4, -0.2) is 4.57 Å². The lowest BCUT2D eigenvalue weighted by atomic mass is 10.0. The van der Waals surface area contributed by atoms with Crippen molar-refractivity contribution in [2.75, 3.05) is 0 Å². The summed E-state index contributed by atoms with van der Waals surface area (Å²) in [7, 11) is 2.09. The Morgan fingerprint density at radius 1 is 0.929 bits per heavy atom. The molecule has 1 aromatic heterocycles. The lowest BCUT2D eigenvalue weighted by Crippen LogP contribution is -1.92. The highest BCUT2D eigenvalue weighted by Gasteiger charge is 2.07. The molecule has 1 aromatic carbocycles. The second-order valence-electron chi connectivity index (χ2n) is 3.77. The van der Waals surface area contributed by atoms with Crippen molar-refractivity contribution in [1.82, 2.24) is 4.57 Å². The molecule has 72 valence electrons. The summed E-state index contributed by atoms with van der Waals surface area (Å²) in [5.74, 6) is 0. The topological polar surface area (TPSA) is 4.93 Å². The van der Waals surface area contributed by atoms with Crippen LogP contribution >= 0.6 is 0 Å². The Hall–Kier alpha value is -1.50. The third kappa shape index (κ3) is 1.35. The fourth-order valence-electron chi connectivity index (χ4n) is 1.90. The van der Waals surface area contributed by atoms with Crippen LogP contribution in [0.1, 0.15) is 11.1 Å². The molecule has 0 aliphatic heterocycles. The smallest absolute Gasteiger partial charge is 0.0510 e. The number of benzene rings is 1. The van der Waals surface area contributed by atoms with Crippen molar-refractivity contribution in [2.24, 2.45) is 7.05 Å². The molecule has 0 fully saturated rings. The van der Waals surface area contributed by atoms with Gasteiger partial charge in [-0.15, -0.1) is 0 Å². The first-order valence-corrected chi connectivity index (χ1v) is 4.88. The van der Waals surface area contributed by atoms with Gasteiger partial charge in [-0.2, -0.15) is 0 Å². The normalized spacial score (nSPS) is 10.5. The van der Waals surface area contributed by atoms with Gasteiger partial charge in [-0.25, -0.2) is 0 Å². The molecular weight excluding hydrogens is 170 g/mol. The predicted octanol–water partition coefficient (Wildman–Crippen LogP) is 3.31. The monoisotopic (exact) mass is 185 g/mol. The number of hydrogen-bond acceptors (Lipinski definition) is 0. The van der Waals surface area contributed by atoms with Gasteiger partial charge >= 0.3 is 0 Å². The molecule has 0 N–H and O–H groups in total. The predicted molar refractivity (Wildman–Crippen MR) is 60.3 cm³/mol. The zero-order valence-electron chi connectivity index (χ0n) is 8.91. The first kappa shape index (κ1) is 9.07. The molecule has 0 saturated heterocycles. The Morgan fingerprint density at radius 2 is 1.64 bits per heavy atom. The summed E-state index contributed by atoms with van der Waals surface area (Å²) >= 11 is 0. The molecule has 0 aliphatic carbocycles. The molecule has 14 heavy (non-hydrogen) atoms. The number of aromatic nitrogens is 1. The molecule has 1 heteroatoms. The molecule has 2 rings (SSSR count). The second kappa shape index (κ2) is 3.33. The van der Waals surface area contributed by atoms with Crippen molar-refractivity contribution in [1.29, 1.82) is 0 Å². The van der Waals surface area contributed by atoms with E-state index in [1.54, 1.807) is 0 Å². The lowest BCUT2D eigenvalue weighted by molar-refractivity contribution is 0.933. The van der Waals surface area contributed by atoms with Gasteiger partial charge in [-0.1, -0.05) is 24.3 Å². The SMILES string of the molecule is Cc1ccccc1-c1c(C)ccn1C. The van der Waals surface area contributed by atoms with Gasteiger partial charge in [0.15, 0.2) is 0 Å². The zero-order valence-corrected chi connectivity index (χ0v) is 8.91. The standard InChI is InChI=1S/C13H15N/c1-10-6-4-5-7-12(10)13-11(2)8-9-14(13)3/h4-9H,1-3H3. The first-order valence-electron chi connectivity index (χ1n) is 4.88.